The quantitative estimate of drug-likeness (QED) is 0.704. The smallest absolute Gasteiger partial charge is 0.248 e. The van der Waals surface area contributed by atoms with Gasteiger partial charge in [0.15, 0.2) is 0 Å². The molecular weight excluding hydrogens is 291 g/mol. The molecule has 0 saturated carbocycles. The minimum absolute atomic E-state index is 0.272. The van der Waals surface area contributed by atoms with Crippen molar-refractivity contribution in [3.63, 3.8) is 0 Å². The second-order valence-electron chi connectivity index (χ2n) is 4.31. The molecule has 0 spiro atoms. The van der Waals surface area contributed by atoms with E-state index >= 15 is 0 Å². The molecule has 5 heteroatoms. The highest BCUT2D eigenvalue weighted by Gasteiger charge is 2.07. The van der Waals surface area contributed by atoms with Gasteiger partial charge < -0.3 is 4.42 Å². The van der Waals surface area contributed by atoms with Gasteiger partial charge >= 0.3 is 0 Å². The molecular formula is C16H10ClFN2O. The minimum atomic E-state index is -0.348. The average Bonchev–Trinajstić information content (AvgIpc) is 2.95. The van der Waals surface area contributed by atoms with Gasteiger partial charge in [-0.1, -0.05) is 35.9 Å². The maximum Gasteiger partial charge on any atom is 0.248 e. The molecule has 3 aromatic rings. The summed E-state index contributed by atoms with van der Waals surface area (Å²) in [7, 11) is 0. The molecule has 1 heterocycles. The molecule has 0 atom stereocenters. The maximum absolute atomic E-state index is 13.2. The zero-order chi connectivity index (χ0) is 14.7. The summed E-state index contributed by atoms with van der Waals surface area (Å²) in [6, 6.07) is 13.4. The predicted octanol–water partition coefficient (Wildman–Crippen LogP) is 4.70. The number of hydrogen-bond donors (Lipinski definition) is 0. The van der Waals surface area contributed by atoms with Crippen molar-refractivity contribution in [2.75, 3.05) is 0 Å². The summed E-state index contributed by atoms with van der Waals surface area (Å²) in [4.78, 5) is 0. The Morgan fingerprint density at radius 3 is 2.67 bits per heavy atom. The second kappa shape index (κ2) is 5.89. The third kappa shape index (κ3) is 3.17. The number of nitrogens with zero attached hydrogens (tertiary/aromatic N) is 2. The maximum atomic E-state index is 13.2. The summed E-state index contributed by atoms with van der Waals surface area (Å²) in [6.07, 6.45) is 3.45. The average molecular weight is 301 g/mol. The first-order valence-electron chi connectivity index (χ1n) is 6.24. The summed E-state index contributed by atoms with van der Waals surface area (Å²) < 4.78 is 18.6. The second-order valence-corrected chi connectivity index (χ2v) is 4.72. The number of rotatable bonds is 3. The normalized spacial score (nSPS) is 11.1. The van der Waals surface area contributed by atoms with Gasteiger partial charge in [-0.15, -0.1) is 10.2 Å². The standard InChI is InChI=1S/C16H10ClFN2O/c17-14-7-2-1-4-11(14)8-9-15-19-20-16(21-15)12-5-3-6-13(18)10-12/h1-10H/b9-8+. The lowest BCUT2D eigenvalue weighted by Crippen LogP contribution is -1.79. The topological polar surface area (TPSA) is 38.9 Å². The van der Waals surface area contributed by atoms with Crippen LogP contribution in [0.4, 0.5) is 4.39 Å². The Bertz CT molecular complexity index is 798. The molecule has 0 radical (unpaired) electrons. The fourth-order valence-electron chi connectivity index (χ4n) is 1.81. The molecule has 0 aliphatic rings. The Balaban J connectivity index is 1.84. The number of aromatic nitrogens is 2. The van der Waals surface area contributed by atoms with Crippen molar-refractivity contribution >= 4 is 23.8 Å². The molecule has 0 aliphatic carbocycles. The van der Waals surface area contributed by atoms with Crippen molar-refractivity contribution < 1.29 is 8.81 Å². The van der Waals surface area contributed by atoms with Crippen LogP contribution in [0.15, 0.2) is 52.9 Å². The Hall–Kier alpha value is -2.46. The van der Waals surface area contributed by atoms with E-state index in [2.05, 4.69) is 10.2 Å². The van der Waals surface area contributed by atoms with Gasteiger partial charge in [-0.3, -0.25) is 0 Å². The first-order chi connectivity index (χ1) is 10.2. The molecule has 3 rings (SSSR count). The molecule has 0 bridgehead atoms. The Labute approximate surface area is 125 Å². The molecule has 0 N–H and O–H groups in total. The molecule has 0 amide bonds. The Kier molecular flexibility index (Phi) is 3.79. The zero-order valence-electron chi connectivity index (χ0n) is 10.8. The summed E-state index contributed by atoms with van der Waals surface area (Å²) in [6.45, 7) is 0. The van der Waals surface area contributed by atoms with E-state index in [9.17, 15) is 4.39 Å². The highest BCUT2D eigenvalue weighted by molar-refractivity contribution is 6.32. The van der Waals surface area contributed by atoms with Gasteiger partial charge in [0.2, 0.25) is 11.8 Å². The van der Waals surface area contributed by atoms with E-state index in [1.807, 2.05) is 18.2 Å². The van der Waals surface area contributed by atoms with E-state index in [-0.39, 0.29) is 11.7 Å². The van der Waals surface area contributed by atoms with Crippen LogP contribution in [0.2, 0.25) is 5.02 Å². The molecule has 2 aromatic carbocycles. The fraction of sp³-hybridized carbons (Fsp3) is 0. The van der Waals surface area contributed by atoms with Crippen LogP contribution in [0, 0.1) is 5.82 Å². The molecule has 0 fully saturated rings. The van der Waals surface area contributed by atoms with Crippen molar-refractivity contribution in [2.24, 2.45) is 0 Å². The van der Waals surface area contributed by atoms with Crippen LogP contribution in [0.3, 0.4) is 0 Å². The fourth-order valence-corrected chi connectivity index (χ4v) is 2.01. The van der Waals surface area contributed by atoms with Gasteiger partial charge in [0, 0.05) is 16.7 Å². The van der Waals surface area contributed by atoms with E-state index < -0.39 is 0 Å². The van der Waals surface area contributed by atoms with E-state index in [1.165, 1.54) is 12.1 Å². The van der Waals surface area contributed by atoms with Crippen LogP contribution >= 0.6 is 11.6 Å². The number of halogens is 2. The van der Waals surface area contributed by atoms with E-state index in [1.54, 1.807) is 30.4 Å². The molecule has 3 nitrogen and oxygen atoms in total. The lowest BCUT2D eigenvalue weighted by Gasteiger charge is -1.95. The van der Waals surface area contributed by atoms with Gasteiger partial charge in [0.05, 0.1) is 0 Å². The van der Waals surface area contributed by atoms with Crippen molar-refractivity contribution in [2.45, 2.75) is 0 Å². The van der Waals surface area contributed by atoms with Crippen LogP contribution in [0.5, 0.6) is 0 Å². The van der Waals surface area contributed by atoms with Gasteiger partial charge in [-0.2, -0.15) is 0 Å². The monoisotopic (exact) mass is 300 g/mol. The molecule has 0 saturated heterocycles. The minimum Gasteiger partial charge on any atom is -0.417 e. The largest absolute Gasteiger partial charge is 0.417 e. The van der Waals surface area contributed by atoms with Crippen molar-refractivity contribution in [3.05, 3.63) is 70.8 Å². The van der Waals surface area contributed by atoms with E-state index in [0.29, 0.717) is 16.5 Å². The highest BCUT2D eigenvalue weighted by Crippen LogP contribution is 2.21. The third-order valence-corrected chi connectivity index (χ3v) is 3.17. The Morgan fingerprint density at radius 1 is 1.00 bits per heavy atom. The number of hydrogen-bond acceptors (Lipinski definition) is 3. The van der Waals surface area contributed by atoms with Gasteiger partial charge in [-0.25, -0.2) is 4.39 Å². The Morgan fingerprint density at radius 2 is 1.86 bits per heavy atom. The van der Waals surface area contributed by atoms with Crippen LogP contribution in [-0.2, 0) is 0 Å². The van der Waals surface area contributed by atoms with Crippen LogP contribution in [-0.4, -0.2) is 10.2 Å². The lowest BCUT2D eigenvalue weighted by atomic mass is 10.2. The summed E-state index contributed by atoms with van der Waals surface area (Å²) in [5, 5.41) is 8.43. The van der Waals surface area contributed by atoms with E-state index in [0.717, 1.165) is 5.56 Å². The van der Waals surface area contributed by atoms with Gasteiger partial charge in [0.25, 0.3) is 0 Å². The van der Waals surface area contributed by atoms with Crippen molar-refractivity contribution in [3.8, 4) is 11.5 Å². The van der Waals surface area contributed by atoms with Gasteiger partial charge in [0.1, 0.15) is 5.82 Å². The SMILES string of the molecule is Fc1cccc(-c2nnc(/C=C/c3ccccc3Cl)o2)c1. The molecule has 21 heavy (non-hydrogen) atoms. The summed E-state index contributed by atoms with van der Waals surface area (Å²) >= 11 is 6.05. The summed E-state index contributed by atoms with van der Waals surface area (Å²) in [5.41, 5.74) is 1.39. The van der Waals surface area contributed by atoms with Crippen LogP contribution in [0.25, 0.3) is 23.6 Å². The molecule has 104 valence electrons. The number of benzene rings is 2. The van der Waals surface area contributed by atoms with Crippen LogP contribution in [0.1, 0.15) is 11.5 Å². The van der Waals surface area contributed by atoms with Crippen LogP contribution < -0.4 is 0 Å². The molecule has 1 aromatic heterocycles. The summed E-state index contributed by atoms with van der Waals surface area (Å²) in [5.74, 6) is 0.251. The lowest BCUT2D eigenvalue weighted by molar-refractivity contribution is 0.556. The van der Waals surface area contributed by atoms with Crippen molar-refractivity contribution in [1.82, 2.24) is 10.2 Å². The molecule has 0 aliphatic heterocycles. The first-order valence-corrected chi connectivity index (χ1v) is 6.62. The predicted molar refractivity (Wildman–Crippen MR) is 80.1 cm³/mol. The van der Waals surface area contributed by atoms with Gasteiger partial charge in [-0.05, 0) is 35.9 Å². The molecule has 0 unspecified atom stereocenters. The highest BCUT2D eigenvalue weighted by atomic mass is 35.5. The van der Waals surface area contributed by atoms with E-state index in [4.69, 9.17) is 16.0 Å². The third-order valence-electron chi connectivity index (χ3n) is 2.82. The first kappa shape index (κ1) is 13.5. The zero-order valence-corrected chi connectivity index (χ0v) is 11.6. The van der Waals surface area contributed by atoms with Crippen molar-refractivity contribution in [1.29, 1.82) is 0 Å².